The first kappa shape index (κ1) is 11.8. The molecule has 0 unspecified atom stereocenters. The van der Waals surface area contributed by atoms with Crippen LogP contribution in [0.15, 0.2) is 55.1 Å². The predicted molar refractivity (Wildman–Crippen MR) is 68.0 cm³/mol. The molecule has 0 atom stereocenters. The van der Waals surface area contributed by atoms with Crippen LogP contribution in [0.1, 0.15) is 31.2 Å². The van der Waals surface area contributed by atoms with Crippen molar-refractivity contribution in [3.05, 3.63) is 60.7 Å². The van der Waals surface area contributed by atoms with Gasteiger partial charge in [0, 0.05) is 0 Å². The summed E-state index contributed by atoms with van der Waals surface area (Å²) in [6, 6.07) is 10.6. The maximum atomic E-state index is 3.71. The lowest BCUT2D eigenvalue weighted by molar-refractivity contribution is 0.862. The van der Waals surface area contributed by atoms with Crippen LogP contribution in [0.25, 0.3) is 0 Å². The van der Waals surface area contributed by atoms with E-state index in [1.807, 2.05) is 6.08 Å². The zero-order valence-electron chi connectivity index (χ0n) is 9.36. The van der Waals surface area contributed by atoms with Crippen molar-refractivity contribution in [2.24, 2.45) is 0 Å². The summed E-state index contributed by atoms with van der Waals surface area (Å²) in [5.74, 6) is 0. The largest absolute Gasteiger partial charge is 0.103 e. The number of hydrogen-bond donors (Lipinski definition) is 0. The van der Waals surface area contributed by atoms with E-state index in [9.17, 15) is 0 Å². The van der Waals surface area contributed by atoms with Gasteiger partial charge in [0.2, 0.25) is 0 Å². The molecule has 0 fully saturated rings. The molecule has 0 saturated carbocycles. The average Bonchev–Trinajstić information content (AvgIpc) is 2.29. The smallest absolute Gasteiger partial charge is 0.0244 e. The van der Waals surface area contributed by atoms with Crippen LogP contribution in [-0.4, -0.2) is 0 Å². The summed E-state index contributed by atoms with van der Waals surface area (Å²) in [7, 11) is 0. The van der Waals surface area contributed by atoms with Crippen LogP contribution in [0, 0.1) is 0 Å². The molecule has 0 heteroatoms. The van der Waals surface area contributed by atoms with Crippen LogP contribution in [-0.2, 0) is 6.42 Å². The molecule has 0 aliphatic carbocycles. The van der Waals surface area contributed by atoms with Crippen molar-refractivity contribution in [1.82, 2.24) is 0 Å². The van der Waals surface area contributed by atoms with Crippen LogP contribution in [0.4, 0.5) is 0 Å². The van der Waals surface area contributed by atoms with Crippen LogP contribution in [0.5, 0.6) is 0 Å². The third-order valence-corrected chi connectivity index (χ3v) is 2.39. The van der Waals surface area contributed by atoms with Crippen molar-refractivity contribution < 1.29 is 0 Å². The second-order valence-corrected chi connectivity index (χ2v) is 3.72. The summed E-state index contributed by atoms with van der Waals surface area (Å²) in [5.41, 5.74) is 1.42. The maximum Gasteiger partial charge on any atom is -0.0244 e. The number of rotatable bonds is 7. The Morgan fingerprint density at radius 3 is 2.40 bits per heavy atom. The molecular formula is C15H20. The number of aryl methyl sites for hydroxylation is 1. The highest BCUT2D eigenvalue weighted by molar-refractivity contribution is 5.15. The number of hydrogen-bond acceptors (Lipinski definition) is 0. The molecule has 1 rings (SSSR count). The molecule has 0 spiro atoms. The molecule has 0 amide bonds. The van der Waals surface area contributed by atoms with Crippen molar-refractivity contribution in [3.63, 3.8) is 0 Å². The van der Waals surface area contributed by atoms with Crippen LogP contribution >= 0.6 is 0 Å². The Kier molecular flexibility index (Phi) is 6.31. The molecule has 0 aromatic heterocycles. The normalized spacial score (nSPS) is 10.7. The Balaban J connectivity index is 2.08. The topological polar surface area (TPSA) is 0 Å². The molecule has 0 radical (unpaired) electrons. The molecule has 80 valence electrons. The van der Waals surface area contributed by atoms with E-state index >= 15 is 0 Å². The Morgan fingerprint density at radius 1 is 0.933 bits per heavy atom. The first-order valence-corrected chi connectivity index (χ1v) is 5.73. The molecule has 0 saturated heterocycles. The van der Waals surface area contributed by atoms with E-state index in [1.54, 1.807) is 0 Å². The highest BCUT2D eigenvalue weighted by Gasteiger charge is 1.87. The van der Waals surface area contributed by atoms with E-state index in [0.717, 1.165) is 19.3 Å². The van der Waals surface area contributed by atoms with Gasteiger partial charge in [-0.2, -0.15) is 0 Å². The highest BCUT2D eigenvalue weighted by atomic mass is 13.9. The summed E-state index contributed by atoms with van der Waals surface area (Å²) in [6.07, 6.45) is 12.4. The Morgan fingerprint density at radius 2 is 1.67 bits per heavy atom. The fourth-order valence-corrected chi connectivity index (χ4v) is 1.51. The van der Waals surface area contributed by atoms with E-state index in [-0.39, 0.29) is 0 Å². The van der Waals surface area contributed by atoms with E-state index in [4.69, 9.17) is 0 Å². The Labute approximate surface area is 93.3 Å². The van der Waals surface area contributed by atoms with Crippen LogP contribution in [0.2, 0.25) is 0 Å². The van der Waals surface area contributed by atoms with Gasteiger partial charge in [-0.05, 0) is 37.7 Å². The zero-order valence-corrected chi connectivity index (χ0v) is 9.36. The summed E-state index contributed by atoms with van der Waals surface area (Å²) < 4.78 is 0. The third kappa shape index (κ3) is 5.90. The van der Waals surface area contributed by atoms with Gasteiger partial charge < -0.3 is 0 Å². The van der Waals surface area contributed by atoms with Crippen LogP contribution in [0.3, 0.4) is 0 Å². The fraction of sp³-hybridized carbons (Fsp3) is 0.333. The summed E-state index contributed by atoms with van der Waals surface area (Å²) in [6.45, 7) is 3.71. The van der Waals surface area contributed by atoms with Gasteiger partial charge in [0.15, 0.2) is 0 Å². The minimum Gasteiger partial charge on any atom is -0.103 e. The molecule has 15 heavy (non-hydrogen) atoms. The van der Waals surface area contributed by atoms with E-state index in [0.29, 0.717) is 0 Å². The Hall–Kier alpha value is -1.30. The van der Waals surface area contributed by atoms with Gasteiger partial charge in [0.05, 0.1) is 0 Å². The summed E-state index contributed by atoms with van der Waals surface area (Å²) >= 11 is 0. The minimum atomic E-state index is 1.13. The van der Waals surface area contributed by atoms with E-state index in [1.165, 1.54) is 18.4 Å². The molecule has 0 heterocycles. The van der Waals surface area contributed by atoms with Gasteiger partial charge in [0.25, 0.3) is 0 Å². The van der Waals surface area contributed by atoms with E-state index in [2.05, 4.69) is 49.1 Å². The zero-order chi connectivity index (χ0) is 10.8. The molecule has 0 N–H and O–H groups in total. The molecule has 1 aromatic carbocycles. The first-order chi connectivity index (χ1) is 7.43. The standard InChI is InChI=1S/C15H20/c1-2-3-4-5-6-7-9-12-15-13-10-8-11-14-15/h2,6-8,10-11,13-14H,1,3-5,9,12H2/b7-6-. The molecular weight excluding hydrogens is 180 g/mol. The van der Waals surface area contributed by atoms with Gasteiger partial charge in [-0.15, -0.1) is 6.58 Å². The molecule has 0 nitrogen and oxygen atoms in total. The predicted octanol–water partition coefficient (Wildman–Crippen LogP) is 4.53. The van der Waals surface area contributed by atoms with Crippen molar-refractivity contribution in [1.29, 1.82) is 0 Å². The van der Waals surface area contributed by atoms with Crippen LogP contribution < -0.4 is 0 Å². The lowest BCUT2D eigenvalue weighted by atomic mass is 10.1. The highest BCUT2D eigenvalue weighted by Crippen LogP contribution is 2.04. The maximum absolute atomic E-state index is 3.71. The van der Waals surface area contributed by atoms with Gasteiger partial charge >= 0.3 is 0 Å². The second-order valence-electron chi connectivity index (χ2n) is 3.72. The molecule has 0 bridgehead atoms. The average molecular weight is 200 g/mol. The fourth-order valence-electron chi connectivity index (χ4n) is 1.51. The van der Waals surface area contributed by atoms with Gasteiger partial charge in [-0.3, -0.25) is 0 Å². The summed E-state index contributed by atoms with van der Waals surface area (Å²) in [5, 5.41) is 0. The van der Waals surface area contributed by atoms with E-state index < -0.39 is 0 Å². The second kappa shape index (κ2) is 8.05. The number of benzene rings is 1. The number of unbranched alkanes of at least 4 members (excludes halogenated alkanes) is 2. The van der Waals surface area contributed by atoms with Crippen molar-refractivity contribution in [3.8, 4) is 0 Å². The van der Waals surface area contributed by atoms with Crippen molar-refractivity contribution in [2.45, 2.75) is 32.1 Å². The Bertz CT molecular complexity index is 282. The van der Waals surface area contributed by atoms with Crippen molar-refractivity contribution in [2.75, 3.05) is 0 Å². The number of allylic oxidation sites excluding steroid dienone is 3. The monoisotopic (exact) mass is 200 g/mol. The molecule has 0 aliphatic rings. The quantitative estimate of drug-likeness (QED) is 0.448. The molecule has 1 aromatic rings. The summed E-state index contributed by atoms with van der Waals surface area (Å²) in [4.78, 5) is 0. The van der Waals surface area contributed by atoms with Crippen molar-refractivity contribution >= 4 is 0 Å². The SMILES string of the molecule is C=CCCC/C=C\CCc1ccccc1. The van der Waals surface area contributed by atoms with Gasteiger partial charge in [-0.25, -0.2) is 0 Å². The van der Waals surface area contributed by atoms with Gasteiger partial charge in [0.1, 0.15) is 0 Å². The minimum absolute atomic E-state index is 1.13. The lowest BCUT2D eigenvalue weighted by Gasteiger charge is -1.96. The molecule has 0 aliphatic heterocycles. The third-order valence-electron chi connectivity index (χ3n) is 2.39. The first-order valence-electron chi connectivity index (χ1n) is 5.73. The van der Waals surface area contributed by atoms with Gasteiger partial charge in [-0.1, -0.05) is 48.6 Å². The lowest BCUT2D eigenvalue weighted by Crippen LogP contribution is -1.81.